The highest BCUT2D eigenvalue weighted by Gasteiger charge is 2.30. The fourth-order valence-corrected chi connectivity index (χ4v) is 3.91. The minimum absolute atomic E-state index is 0.101. The van der Waals surface area contributed by atoms with Gasteiger partial charge in [-0.3, -0.25) is 4.79 Å². The van der Waals surface area contributed by atoms with Crippen LogP contribution in [0.25, 0.3) is 0 Å². The van der Waals surface area contributed by atoms with Gasteiger partial charge in [0.05, 0.1) is 7.11 Å². The summed E-state index contributed by atoms with van der Waals surface area (Å²) in [6, 6.07) is 5.65. The number of halogens is 2. The topological polar surface area (TPSA) is 97.8 Å². The number of nitrogens with zero attached hydrogens (tertiary/aromatic N) is 1. The third-order valence-electron chi connectivity index (χ3n) is 4.87. The Kier molecular flexibility index (Phi) is 8.53. The van der Waals surface area contributed by atoms with Crippen LogP contribution in [0.4, 0.5) is 0 Å². The molecule has 2 aromatic rings. The number of rotatable bonds is 8. The molecular weight excluding hydrogens is 443 g/mol. The van der Waals surface area contributed by atoms with Crippen LogP contribution in [0, 0.1) is 5.92 Å². The molecule has 9 heteroatoms. The van der Waals surface area contributed by atoms with Crippen molar-refractivity contribution in [3.63, 3.8) is 0 Å². The molecule has 0 spiro atoms. The van der Waals surface area contributed by atoms with Gasteiger partial charge in [-0.1, -0.05) is 43.1 Å². The van der Waals surface area contributed by atoms with E-state index in [9.17, 15) is 14.7 Å². The van der Waals surface area contributed by atoms with E-state index in [1.165, 1.54) is 26.3 Å². The molecule has 0 saturated heterocycles. The van der Waals surface area contributed by atoms with Crippen molar-refractivity contribution in [2.45, 2.75) is 45.8 Å². The van der Waals surface area contributed by atoms with E-state index in [4.69, 9.17) is 32.7 Å². The van der Waals surface area contributed by atoms with Crippen LogP contribution in [0.3, 0.4) is 0 Å². The highest BCUT2D eigenvalue weighted by atomic mass is 35.5. The largest absolute Gasteiger partial charge is 0.503 e. The molecule has 1 aromatic carbocycles. The summed E-state index contributed by atoms with van der Waals surface area (Å²) in [7, 11) is 1.36. The van der Waals surface area contributed by atoms with Gasteiger partial charge in [0.15, 0.2) is 17.2 Å². The van der Waals surface area contributed by atoms with Crippen LogP contribution < -0.4 is 10.1 Å². The molecule has 168 valence electrons. The van der Waals surface area contributed by atoms with Crippen LogP contribution in [0.1, 0.15) is 49.7 Å². The number of ether oxygens (including phenoxy) is 2. The Morgan fingerprint density at radius 3 is 2.39 bits per heavy atom. The Labute approximate surface area is 191 Å². The van der Waals surface area contributed by atoms with Gasteiger partial charge in [-0.05, 0) is 37.5 Å². The Morgan fingerprint density at radius 1 is 1.13 bits per heavy atom. The Bertz CT molecular complexity index is 951. The Balaban J connectivity index is 2.11. The highest BCUT2D eigenvalue weighted by molar-refractivity contribution is 6.35. The van der Waals surface area contributed by atoms with Crippen LogP contribution in [-0.4, -0.2) is 41.2 Å². The lowest BCUT2D eigenvalue weighted by molar-refractivity contribution is -0.151. The molecule has 1 aromatic heterocycles. The molecule has 2 rings (SSSR count). The number of carbonyl (C=O) groups is 2. The summed E-state index contributed by atoms with van der Waals surface area (Å²) < 4.78 is 10.6. The number of esters is 1. The van der Waals surface area contributed by atoms with Crippen LogP contribution in [-0.2, 0) is 9.53 Å². The van der Waals surface area contributed by atoms with Gasteiger partial charge in [0.25, 0.3) is 5.91 Å². The second-order valence-corrected chi connectivity index (χ2v) is 8.33. The van der Waals surface area contributed by atoms with Crippen molar-refractivity contribution in [3.8, 4) is 11.5 Å². The summed E-state index contributed by atoms with van der Waals surface area (Å²) in [5, 5.41) is 13.6. The van der Waals surface area contributed by atoms with Crippen molar-refractivity contribution < 1.29 is 24.2 Å². The van der Waals surface area contributed by atoms with Crippen molar-refractivity contribution in [2.24, 2.45) is 5.92 Å². The molecule has 0 aliphatic rings. The first-order valence-electron chi connectivity index (χ1n) is 9.75. The molecule has 7 nitrogen and oxygen atoms in total. The van der Waals surface area contributed by atoms with E-state index in [-0.39, 0.29) is 23.3 Å². The fraction of sp³-hybridized carbons (Fsp3) is 0.409. The van der Waals surface area contributed by atoms with E-state index >= 15 is 0 Å². The van der Waals surface area contributed by atoms with E-state index in [1.54, 1.807) is 19.1 Å². The first kappa shape index (κ1) is 24.8. The molecule has 3 atom stereocenters. The van der Waals surface area contributed by atoms with Gasteiger partial charge >= 0.3 is 5.97 Å². The number of carbonyl (C=O) groups excluding carboxylic acids is 2. The predicted molar refractivity (Wildman–Crippen MR) is 119 cm³/mol. The maximum absolute atomic E-state index is 12.6. The average Bonchev–Trinajstić information content (AvgIpc) is 2.69. The molecule has 2 N–H and O–H groups in total. The summed E-state index contributed by atoms with van der Waals surface area (Å²) >= 11 is 12.4. The van der Waals surface area contributed by atoms with Crippen LogP contribution in [0.2, 0.25) is 10.0 Å². The summed E-state index contributed by atoms with van der Waals surface area (Å²) in [6.45, 7) is 7.27. The van der Waals surface area contributed by atoms with Gasteiger partial charge in [0.1, 0.15) is 12.1 Å². The second kappa shape index (κ2) is 10.7. The summed E-state index contributed by atoms with van der Waals surface area (Å²) in [5.41, 5.74) is 0.573. The van der Waals surface area contributed by atoms with E-state index in [0.29, 0.717) is 10.0 Å². The molecule has 0 fully saturated rings. The van der Waals surface area contributed by atoms with Crippen molar-refractivity contribution in [1.29, 1.82) is 0 Å². The molecule has 0 saturated carbocycles. The number of aromatic nitrogens is 1. The lowest BCUT2D eigenvalue weighted by atomic mass is 9.84. The molecule has 1 heterocycles. The number of pyridine rings is 1. The first-order chi connectivity index (χ1) is 14.6. The zero-order chi connectivity index (χ0) is 23.3. The second-order valence-electron chi connectivity index (χ2n) is 7.48. The molecule has 0 unspecified atom stereocenters. The highest BCUT2D eigenvalue weighted by Crippen LogP contribution is 2.36. The molecule has 0 radical (unpaired) electrons. The third kappa shape index (κ3) is 6.02. The Hall–Kier alpha value is -2.51. The van der Waals surface area contributed by atoms with Gasteiger partial charge in [-0.2, -0.15) is 0 Å². The number of benzene rings is 1. The van der Waals surface area contributed by atoms with Crippen LogP contribution in [0.15, 0.2) is 30.5 Å². The third-order valence-corrected chi connectivity index (χ3v) is 5.43. The van der Waals surface area contributed by atoms with Gasteiger partial charge in [-0.25, -0.2) is 9.78 Å². The molecule has 0 bridgehead atoms. The van der Waals surface area contributed by atoms with Crippen molar-refractivity contribution >= 4 is 35.1 Å². The van der Waals surface area contributed by atoms with Crippen molar-refractivity contribution in [2.75, 3.05) is 7.11 Å². The number of hydrogen-bond acceptors (Lipinski definition) is 6. The fourth-order valence-electron chi connectivity index (χ4n) is 3.38. The quantitative estimate of drug-likeness (QED) is 0.549. The summed E-state index contributed by atoms with van der Waals surface area (Å²) in [4.78, 5) is 28.9. The minimum Gasteiger partial charge on any atom is -0.503 e. The van der Waals surface area contributed by atoms with Crippen LogP contribution in [0.5, 0.6) is 11.5 Å². The van der Waals surface area contributed by atoms with Crippen molar-refractivity contribution in [1.82, 2.24) is 10.3 Å². The van der Waals surface area contributed by atoms with Crippen LogP contribution >= 0.6 is 23.2 Å². The maximum atomic E-state index is 12.6. The molecule has 0 aliphatic carbocycles. The SMILES string of the molecule is COc1ccnc(C(=O)N[C@@H](C)C(=O)O[C@@H](C)[C@@H](c2ccc(Cl)cc2Cl)C(C)C)c1O. The predicted octanol–water partition coefficient (Wildman–Crippen LogP) is 4.59. The number of methoxy groups -OCH3 is 1. The monoisotopic (exact) mass is 468 g/mol. The van der Waals surface area contributed by atoms with E-state index in [0.717, 1.165) is 5.56 Å². The zero-order valence-electron chi connectivity index (χ0n) is 18.0. The lowest BCUT2D eigenvalue weighted by Gasteiger charge is -2.29. The molecule has 0 aliphatic heterocycles. The number of nitrogens with one attached hydrogen (secondary N) is 1. The van der Waals surface area contributed by atoms with Gasteiger partial charge in [0, 0.05) is 28.2 Å². The van der Waals surface area contributed by atoms with Gasteiger partial charge < -0.3 is 19.9 Å². The van der Waals surface area contributed by atoms with E-state index in [2.05, 4.69) is 10.3 Å². The number of hydrogen-bond donors (Lipinski definition) is 2. The standard InChI is InChI=1S/C22H26Cl2N2O5/c1-11(2)18(15-7-6-14(23)10-16(15)24)13(4)31-22(29)12(3)26-21(28)19-20(27)17(30-5)8-9-25-19/h6-13,18,27H,1-5H3,(H,26,28)/t12-,13-,18-/m0/s1. The summed E-state index contributed by atoms with van der Waals surface area (Å²) in [6.07, 6.45) is 0.801. The van der Waals surface area contributed by atoms with Crippen molar-refractivity contribution in [3.05, 3.63) is 51.8 Å². The molecule has 31 heavy (non-hydrogen) atoms. The first-order valence-corrected chi connectivity index (χ1v) is 10.5. The van der Waals surface area contributed by atoms with Gasteiger partial charge in [0.2, 0.25) is 0 Å². The summed E-state index contributed by atoms with van der Waals surface area (Å²) in [5.74, 6) is -1.73. The van der Waals surface area contributed by atoms with E-state index < -0.39 is 29.8 Å². The molecule has 1 amide bonds. The minimum atomic E-state index is -0.976. The maximum Gasteiger partial charge on any atom is 0.328 e. The van der Waals surface area contributed by atoms with E-state index in [1.807, 2.05) is 19.9 Å². The zero-order valence-corrected chi connectivity index (χ0v) is 19.5. The molecular formula is C22H26Cl2N2O5. The Morgan fingerprint density at radius 2 is 1.81 bits per heavy atom. The number of aromatic hydroxyl groups is 1. The average molecular weight is 469 g/mol. The van der Waals surface area contributed by atoms with Gasteiger partial charge in [-0.15, -0.1) is 0 Å². The number of amides is 1. The normalized spacial score (nSPS) is 13.9. The lowest BCUT2D eigenvalue weighted by Crippen LogP contribution is -2.42. The smallest absolute Gasteiger partial charge is 0.328 e.